The van der Waals surface area contributed by atoms with Crippen LogP contribution >= 0.6 is 0 Å². The molecule has 1 amide bonds. The summed E-state index contributed by atoms with van der Waals surface area (Å²) in [5.74, 6) is 1.79. The zero-order valence-corrected chi connectivity index (χ0v) is 17.7. The van der Waals surface area contributed by atoms with E-state index in [4.69, 9.17) is 19.4 Å². The summed E-state index contributed by atoms with van der Waals surface area (Å²) < 4.78 is 9.89. The van der Waals surface area contributed by atoms with Crippen LogP contribution in [0.1, 0.15) is 5.56 Å². The van der Waals surface area contributed by atoms with Gasteiger partial charge in [-0.2, -0.15) is 0 Å². The maximum Gasteiger partial charge on any atom is 0.407 e. The first-order chi connectivity index (χ1) is 15.0. The van der Waals surface area contributed by atoms with Crippen LogP contribution in [0, 0.1) is 12.8 Å². The van der Waals surface area contributed by atoms with E-state index in [1.807, 2.05) is 37.3 Å². The quantitative estimate of drug-likeness (QED) is 0.565. The normalized spacial score (nSPS) is 13.8. The fourth-order valence-electron chi connectivity index (χ4n) is 3.62. The Hall–Kier alpha value is -3.39. The SMILES string of the molecule is COCCOC(=O)NCC1CN(c2nc(-c3ccccc3O)nc3cc(C)ccc23)C1. The van der Waals surface area contributed by atoms with Crippen LogP contribution in [0.15, 0.2) is 42.5 Å². The largest absolute Gasteiger partial charge is 0.507 e. The monoisotopic (exact) mass is 422 g/mol. The Labute approximate surface area is 180 Å². The molecule has 1 aliphatic heterocycles. The van der Waals surface area contributed by atoms with Crippen molar-refractivity contribution in [3.8, 4) is 17.1 Å². The molecule has 1 aliphatic rings. The van der Waals surface area contributed by atoms with Crippen LogP contribution in [0.5, 0.6) is 5.75 Å². The fourth-order valence-corrected chi connectivity index (χ4v) is 3.62. The number of carbonyl (C=O) groups is 1. The van der Waals surface area contributed by atoms with Crippen LogP contribution in [-0.4, -0.2) is 61.1 Å². The third kappa shape index (κ3) is 4.69. The molecule has 1 aromatic heterocycles. The van der Waals surface area contributed by atoms with Gasteiger partial charge in [-0.25, -0.2) is 14.8 Å². The summed E-state index contributed by atoms with van der Waals surface area (Å²) >= 11 is 0. The Balaban J connectivity index is 1.50. The maximum atomic E-state index is 11.7. The zero-order chi connectivity index (χ0) is 21.8. The lowest BCUT2D eigenvalue weighted by Crippen LogP contribution is -2.52. The number of nitrogens with one attached hydrogen (secondary N) is 1. The first kappa shape index (κ1) is 20.9. The van der Waals surface area contributed by atoms with Crippen LogP contribution in [0.4, 0.5) is 10.6 Å². The molecule has 2 aromatic carbocycles. The Bertz CT molecular complexity index is 1080. The van der Waals surface area contributed by atoms with Gasteiger partial charge in [0, 0.05) is 38.0 Å². The predicted octanol–water partition coefficient (Wildman–Crippen LogP) is 3.12. The van der Waals surface area contributed by atoms with Gasteiger partial charge in [0.25, 0.3) is 0 Å². The van der Waals surface area contributed by atoms with Gasteiger partial charge in [-0.1, -0.05) is 18.2 Å². The van der Waals surface area contributed by atoms with E-state index in [1.165, 1.54) is 0 Å². The van der Waals surface area contributed by atoms with Gasteiger partial charge >= 0.3 is 6.09 Å². The highest BCUT2D eigenvalue weighted by molar-refractivity contribution is 5.92. The van der Waals surface area contributed by atoms with Crippen molar-refractivity contribution in [1.29, 1.82) is 0 Å². The molecule has 8 nitrogen and oxygen atoms in total. The van der Waals surface area contributed by atoms with Gasteiger partial charge in [-0.15, -0.1) is 0 Å². The number of ether oxygens (including phenoxy) is 2. The van der Waals surface area contributed by atoms with Crippen molar-refractivity contribution in [2.75, 3.05) is 44.9 Å². The summed E-state index contributed by atoms with van der Waals surface area (Å²) in [5.41, 5.74) is 2.55. The van der Waals surface area contributed by atoms with E-state index in [1.54, 1.807) is 19.2 Å². The topological polar surface area (TPSA) is 96.8 Å². The van der Waals surface area contributed by atoms with E-state index >= 15 is 0 Å². The van der Waals surface area contributed by atoms with E-state index in [9.17, 15) is 9.90 Å². The summed E-state index contributed by atoms with van der Waals surface area (Å²) in [7, 11) is 1.56. The second-order valence-corrected chi connectivity index (χ2v) is 7.69. The van der Waals surface area contributed by atoms with Crippen molar-refractivity contribution in [1.82, 2.24) is 15.3 Å². The summed E-state index contributed by atoms with van der Waals surface area (Å²) in [6, 6.07) is 13.2. The Morgan fingerprint density at radius 3 is 2.77 bits per heavy atom. The minimum Gasteiger partial charge on any atom is -0.507 e. The lowest BCUT2D eigenvalue weighted by molar-refractivity contribution is 0.0974. The minimum absolute atomic E-state index is 0.151. The summed E-state index contributed by atoms with van der Waals surface area (Å²) in [5, 5.41) is 14.0. The number of anilines is 1. The van der Waals surface area contributed by atoms with Crippen molar-refractivity contribution in [2.24, 2.45) is 5.92 Å². The number of carbonyl (C=O) groups excluding carboxylic acids is 1. The molecule has 8 heteroatoms. The average Bonchev–Trinajstić information content (AvgIpc) is 2.72. The number of nitrogens with zero attached hydrogens (tertiary/aromatic N) is 3. The molecule has 2 N–H and O–H groups in total. The van der Waals surface area contributed by atoms with E-state index in [-0.39, 0.29) is 12.4 Å². The van der Waals surface area contributed by atoms with Crippen molar-refractivity contribution in [3.63, 3.8) is 0 Å². The van der Waals surface area contributed by atoms with Crippen LogP contribution < -0.4 is 10.2 Å². The fraction of sp³-hybridized carbons (Fsp3) is 0.348. The predicted molar refractivity (Wildman–Crippen MR) is 118 cm³/mol. The zero-order valence-electron chi connectivity index (χ0n) is 17.7. The molecule has 31 heavy (non-hydrogen) atoms. The first-order valence-electron chi connectivity index (χ1n) is 10.3. The van der Waals surface area contributed by atoms with Gasteiger partial charge in [0.05, 0.1) is 17.7 Å². The summed E-state index contributed by atoms with van der Waals surface area (Å²) in [6.45, 7) is 4.70. The third-order valence-electron chi connectivity index (χ3n) is 5.29. The minimum atomic E-state index is -0.430. The van der Waals surface area contributed by atoms with Crippen molar-refractivity contribution >= 4 is 22.8 Å². The number of fused-ring (bicyclic) bond motifs is 1. The van der Waals surface area contributed by atoms with Gasteiger partial charge in [0.1, 0.15) is 18.2 Å². The number of methoxy groups -OCH3 is 1. The molecule has 0 unspecified atom stereocenters. The molecule has 2 heterocycles. The first-order valence-corrected chi connectivity index (χ1v) is 10.3. The Morgan fingerprint density at radius 2 is 2.00 bits per heavy atom. The number of para-hydroxylation sites is 1. The second kappa shape index (κ2) is 9.18. The number of amides is 1. The molecule has 0 atom stereocenters. The molecule has 3 aromatic rings. The number of aromatic nitrogens is 2. The van der Waals surface area contributed by atoms with Crippen molar-refractivity contribution < 1.29 is 19.4 Å². The molecule has 0 bridgehead atoms. The van der Waals surface area contributed by atoms with E-state index in [2.05, 4.69) is 10.2 Å². The average molecular weight is 422 g/mol. The molecular weight excluding hydrogens is 396 g/mol. The molecule has 0 saturated carbocycles. The molecular formula is C23H26N4O4. The second-order valence-electron chi connectivity index (χ2n) is 7.69. The molecule has 4 rings (SSSR count). The Morgan fingerprint density at radius 1 is 1.19 bits per heavy atom. The number of hydrogen-bond donors (Lipinski definition) is 2. The van der Waals surface area contributed by atoms with Gasteiger partial charge in [-0.3, -0.25) is 0 Å². The van der Waals surface area contributed by atoms with Crippen LogP contribution in [-0.2, 0) is 9.47 Å². The lowest BCUT2D eigenvalue weighted by Gasteiger charge is -2.40. The molecule has 0 spiro atoms. The Kier molecular flexibility index (Phi) is 6.18. The highest BCUT2D eigenvalue weighted by atomic mass is 16.6. The number of aromatic hydroxyl groups is 1. The highest BCUT2D eigenvalue weighted by Gasteiger charge is 2.30. The molecule has 0 aliphatic carbocycles. The summed E-state index contributed by atoms with van der Waals surface area (Å²) in [6.07, 6.45) is -0.430. The highest BCUT2D eigenvalue weighted by Crippen LogP contribution is 2.34. The number of rotatable bonds is 7. The van der Waals surface area contributed by atoms with E-state index in [0.717, 1.165) is 35.4 Å². The van der Waals surface area contributed by atoms with Crippen LogP contribution in [0.3, 0.4) is 0 Å². The van der Waals surface area contributed by atoms with Gasteiger partial charge < -0.3 is 24.8 Å². The van der Waals surface area contributed by atoms with Crippen molar-refractivity contribution in [3.05, 3.63) is 48.0 Å². The summed E-state index contributed by atoms with van der Waals surface area (Å²) in [4.78, 5) is 23.4. The number of aryl methyl sites for hydroxylation is 1. The number of phenols is 1. The number of benzene rings is 2. The molecule has 1 fully saturated rings. The van der Waals surface area contributed by atoms with Gasteiger partial charge in [-0.05, 0) is 36.8 Å². The number of alkyl carbamates (subject to hydrolysis) is 1. The van der Waals surface area contributed by atoms with Gasteiger partial charge in [0.2, 0.25) is 0 Å². The number of hydrogen-bond acceptors (Lipinski definition) is 7. The van der Waals surface area contributed by atoms with E-state index in [0.29, 0.717) is 30.5 Å². The molecule has 1 saturated heterocycles. The smallest absolute Gasteiger partial charge is 0.407 e. The van der Waals surface area contributed by atoms with Crippen LogP contribution in [0.25, 0.3) is 22.3 Å². The third-order valence-corrected chi connectivity index (χ3v) is 5.29. The molecule has 162 valence electrons. The van der Waals surface area contributed by atoms with Gasteiger partial charge in [0.15, 0.2) is 5.82 Å². The standard InChI is InChI=1S/C23H26N4O4/c1-15-7-8-17-19(11-15)25-21(18-5-3-4-6-20(18)28)26-22(17)27-13-16(14-27)12-24-23(29)31-10-9-30-2/h3-8,11,16,28H,9-10,12-14H2,1-2H3,(H,24,29). The lowest BCUT2D eigenvalue weighted by atomic mass is 9.99. The number of phenolic OH excluding ortho intramolecular Hbond substituents is 1. The molecule has 0 radical (unpaired) electrons. The van der Waals surface area contributed by atoms with Crippen molar-refractivity contribution in [2.45, 2.75) is 6.92 Å². The van der Waals surface area contributed by atoms with Crippen LogP contribution in [0.2, 0.25) is 0 Å². The van der Waals surface area contributed by atoms with E-state index < -0.39 is 6.09 Å². The maximum absolute atomic E-state index is 11.7.